The third-order valence-electron chi connectivity index (χ3n) is 3.95. The summed E-state index contributed by atoms with van der Waals surface area (Å²) in [6.45, 7) is 1.99. The number of pyridine rings is 1. The van der Waals surface area contributed by atoms with Gasteiger partial charge in [0.25, 0.3) is 0 Å². The van der Waals surface area contributed by atoms with Crippen LogP contribution in [0.4, 0.5) is 0 Å². The third kappa shape index (κ3) is 4.03. The van der Waals surface area contributed by atoms with Crippen molar-refractivity contribution < 1.29 is 4.79 Å². The van der Waals surface area contributed by atoms with Crippen LogP contribution in [0.15, 0.2) is 18.3 Å². The van der Waals surface area contributed by atoms with Gasteiger partial charge in [-0.15, -0.1) is 0 Å². The lowest BCUT2D eigenvalue weighted by Crippen LogP contribution is -2.42. The molecule has 2 rings (SSSR count). The molecule has 1 aliphatic rings. The molecule has 104 valence electrons. The van der Waals surface area contributed by atoms with Gasteiger partial charge in [-0.05, 0) is 51.3 Å². The van der Waals surface area contributed by atoms with E-state index in [1.807, 2.05) is 26.1 Å². The van der Waals surface area contributed by atoms with E-state index in [-0.39, 0.29) is 5.91 Å². The smallest absolute Gasteiger partial charge is 0.226 e. The van der Waals surface area contributed by atoms with Crippen molar-refractivity contribution in [2.75, 3.05) is 7.05 Å². The van der Waals surface area contributed by atoms with Crippen molar-refractivity contribution in [2.24, 2.45) is 0 Å². The largest absolute Gasteiger partial charge is 0.353 e. The van der Waals surface area contributed by atoms with E-state index < -0.39 is 0 Å². The van der Waals surface area contributed by atoms with E-state index >= 15 is 0 Å². The number of hydrogen-bond acceptors (Lipinski definition) is 3. The van der Waals surface area contributed by atoms with E-state index in [1.54, 1.807) is 6.20 Å². The molecule has 2 N–H and O–H groups in total. The van der Waals surface area contributed by atoms with Crippen LogP contribution < -0.4 is 10.6 Å². The van der Waals surface area contributed by atoms with Gasteiger partial charge < -0.3 is 10.6 Å². The molecule has 0 atom stereocenters. The Labute approximate surface area is 115 Å². The third-order valence-corrected chi connectivity index (χ3v) is 3.95. The Bertz CT molecular complexity index is 425. The average molecular weight is 261 g/mol. The summed E-state index contributed by atoms with van der Waals surface area (Å²) in [6, 6.07) is 4.84. The Morgan fingerprint density at radius 1 is 1.32 bits per heavy atom. The zero-order valence-corrected chi connectivity index (χ0v) is 11.8. The fourth-order valence-corrected chi connectivity index (χ4v) is 2.66. The number of aromatic nitrogens is 1. The molecule has 4 nitrogen and oxygen atoms in total. The average Bonchev–Trinajstić information content (AvgIpc) is 2.42. The summed E-state index contributed by atoms with van der Waals surface area (Å²) < 4.78 is 0. The fourth-order valence-electron chi connectivity index (χ4n) is 2.66. The number of carbonyl (C=O) groups is 1. The second-order valence-corrected chi connectivity index (χ2v) is 5.35. The molecule has 0 spiro atoms. The van der Waals surface area contributed by atoms with Gasteiger partial charge in [0, 0.05) is 18.3 Å². The molecule has 1 saturated carbocycles. The highest BCUT2D eigenvalue weighted by Crippen LogP contribution is 2.18. The Kier molecular flexibility index (Phi) is 4.91. The van der Waals surface area contributed by atoms with E-state index in [0.29, 0.717) is 18.5 Å². The number of rotatable bonds is 4. The van der Waals surface area contributed by atoms with Crippen molar-refractivity contribution in [3.63, 3.8) is 0 Å². The summed E-state index contributed by atoms with van der Waals surface area (Å²) in [4.78, 5) is 16.3. The summed E-state index contributed by atoms with van der Waals surface area (Å²) in [5, 5.41) is 6.43. The molecular formula is C15H23N3O. The standard InChI is InChI=1S/C15H23N3O/c1-11-4-3-9-17-14(11)10-15(19)18-13-7-5-12(16-2)6-8-13/h3-4,9,12-13,16H,5-8,10H2,1-2H3,(H,18,19). The highest BCUT2D eigenvalue weighted by atomic mass is 16.1. The zero-order chi connectivity index (χ0) is 13.7. The zero-order valence-electron chi connectivity index (χ0n) is 11.8. The number of aryl methyl sites for hydroxylation is 1. The normalized spacial score (nSPS) is 23.1. The van der Waals surface area contributed by atoms with Crippen molar-refractivity contribution in [1.29, 1.82) is 0 Å². The predicted octanol–water partition coefficient (Wildman–Crippen LogP) is 1.58. The Morgan fingerprint density at radius 3 is 2.63 bits per heavy atom. The number of nitrogens with one attached hydrogen (secondary N) is 2. The van der Waals surface area contributed by atoms with Crippen LogP contribution in [-0.2, 0) is 11.2 Å². The molecule has 19 heavy (non-hydrogen) atoms. The Morgan fingerprint density at radius 2 is 2.00 bits per heavy atom. The van der Waals surface area contributed by atoms with E-state index in [4.69, 9.17) is 0 Å². The molecular weight excluding hydrogens is 238 g/mol. The second kappa shape index (κ2) is 6.66. The van der Waals surface area contributed by atoms with Gasteiger partial charge in [-0.3, -0.25) is 9.78 Å². The minimum atomic E-state index is 0.0923. The van der Waals surface area contributed by atoms with Gasteiger partial charge in [-0.1, -0.05) is 6.07 Å². The maximum Gasteiger partial charge on any atom is 0.226 e. The molecule has 0 bridgehead atoms. The molecule has 4 heteroatoms. The lowest BCUT2D eigenvalue weighted by molar-refractivity contribution is -0.121. The maximum atomic E-state index is 12.0. The van der Waals surface area contributed by atoms with Crippen LogP contribution in [-0.4, -0.2) is 30.0 Å². The summed E-state index contributed by atoms with van der Waals surface area (Å²) in [7, 11) is 2.01. The van der Waals surface area contributed by atoms with Gasteiger partial charge in [0.2, 0.25) is 5.91 Å². The van der Waals surface area contributed by atoms with Gasteiger partial charge in [0.15, 0.2) is 0 Å². The van der Waals surface area contributed by atoms with Gasteiger partial charge in [0.1, 0.15) is 0 Å². The minimum Gasteiger partial charge on any atom is -0.353 e. The monoisotopic (exact) mass is 261 g/mol. The first-order chi connectivity index (χ1) is 9.19. The quantitative estimate of drug-likeness (QED) is 0.865. The van der Waals surface area contributed by atoms with Crippen molar-refractivity contribution >= 4 is 5.91 Å². The first kappa shape index (κ1) is 14.0. The molecule has 0 aliphatic heterocycles. The van der Waals surface area contributed by atoms with E-state index in [1.165, 1.54) is 0 Å². The predicted molar refractivity (Wildman–Crippen MR) is 75.9 cm³/mol. The summed E-state index contributed by atoms with van der Waals surface area (Å²) in [5.74, 6) is 0.0923. The second-order valence-electron chi connectivity index (χ2n) is 5.35. The summed E-state index contributed by atoms with van der Waals surface area (Å²) in [6.07, 6.45) is 6.55. The molecule has 1 aromatic heterocycles. The van der Waals surface area contributed by atoms with Gasteiger partial charge in [-0.2, -0.15) is 0 Å². The molecule has 0 saturated heterocycles. The summed E-state index contributed by atoms with van der Waals surface area (Å²) >= 11 is 0. The SMILES string of the molecule is CNC1CCC(NC(=O)Cc2ncccc2C)CC1. The molecule has 1 fully saturated rings. The van der Waals surface area contributed by atoms with Crippen molar-refractivity contribution in [2.45, 2.75) is 51.1 Å². The molecule has 0 radical (unpaired) electrons. The highest BCUT2D eigenvalue weighted by molar-refractivity contribution is 5.78. The molecule has 0 aromatic carbocycles. The number of nitrogens with zero attached hydrogens (tertiary/aromatic N) is 1. The van der Waals surface area contributed by atoms with Crippen LogP contribution in [0.2, 0.25) is 0 Å². The van der Waals surface area contributed by atoms with Gasteiger partial charge >= 0.3 is 0 Å². The van der Waals surface area contributed by atoms with Gasteiger partial charge in [-0.25, -0.2) is 0 Å². The molecule has 1 aliphatic carbocycles. The van der Waals surface area contributed by atoms with Crippen LogP contribution in [0.25, 0.3) is 0 Å². The minimum absolute atomic E-state index is 0.0923. The van der Waals surface area contributed by atoms with Gasteiger partial charge in [0.05, 0.1) is 12.1 Å². The van der Waals surface area contributed by atoms with Crippen molar-refractivity contribution in [1.82, 2.24) is 15.6 Å². The van der Waals surface area contributed by atoms with Crippen LogP contribution in [0.3, 0.4) is 0 Å². The van der Waals surface area contributed by atoms with Crippen molar-refractivity contribution in [3.05, 3.63) is 29.6 Å². The van der Waals surface area contributed by atoms with Crippen molar-refractivity contribution in [3.8, 4) is 0 Å². The van der Waals surface area contributed by atoms with Crippen LogP contribution in [0.5, 0.6) is 0 Å². The topological polar surface area (TPSA) is 54.0 Å². The first-order valence-electron chi connectivity index (χ1n) is 7.06. The van der Waals surface area contributed by atoms with Crippen LogP contribution >= 0.6 is 0 Å². The lowest BCUT2D eigenvalue weighted by Gasteiger charge is -2.28. The number of amides is 1. The number of hydrogen-bond donors (Lipinski definition) is 2. The van der Waals surface area contributed by atoms with E-state index in [0.717, 1.165) is 36.9 Å². The number of carbonyl (C=O) groups excluding carboxylic acids is 1. The first-order valence-corrected chi connectivity index (χ1v) is 7.06. The van der Waals surface area contributed by atoms with E-state index in [2.05, 4.69) is 15.6 Å². The maximum absolute atomic E-state index is 12.0. The highest BCUT2D eigenvalue weighted by Gasteiger charge is 2.21. The fraction of sp³-hybridized carbons (Fsp3) is 0.600. The molecule has 1 heterocycles. The Hall–Kier alpha value is -1.42. The summed E-state index contributed by atoms with van der Waals surface area (Å²) in [5.41, 5.74) is 1.96. The Balaban J connectivity index is 1.81. The van der Waals surface area contributed by atoms with Crippen LogP contribution in [0, 0.1) is 6.92 Å². The van der Waals surface area contributed by atoms with E-state index in [9.17, 15) is 4.79 Å². The van der Waals surface area contributed by atoms with Crippen LogP contribution in [0.1, 0.15) is 36.9 Å². The molecule has 1 amide bonds. The molecule has 1 aromatic rings. The lowest BCUT2D eigenvalue weighted by atomic mass is 9.91. The molecule has 0 unspecified atom stereocenters.